The van der Waals surface area contributed by atoms with Gasteiger partial charge in [-0.3, -0.25) is 9.48 Å². The molecule has 1 N–H and O–H groups in total. The first-order valence-corrected chi connectivity index (χ1v) is 6.17. The Morgan fingerprint density at radius 3 is 3.28 bits per heavy atom. The number of carbonyl (C=O) groups excluding carboxylic acids is 1. The molecule has 100 valence electrons. The maximum atomic E-state index is 11.8. The summed E-state index contributed by atoms with van der Waals surface area (Å²) in [5.74, 6) is 0.0273. The summed E-state index contributed by atoms with van der Waals surface area (Å²) < 4.78 is 12.4. The van der Waals surface area contributed by atoms with Crippen LogP contribution in [0.3, 0.4) is 0 Å². The van der Waals surface area contributed by atoms with Gasteiger partial charge in [-0.2, -0.15) is 5.10 Å². The summed E-state index contributed by atoms with van der Waals surface area (Å²) in [4.78, 5) is 11.8. The van der Waals surface area contributed by atoms with E-state index in [1.54, 1.807) is 18.0 Å². The van der Waals surface area contributed by atoms with Crippen molar-refractivity contribution in [3.05, 3.63) is 18.5 Å². The third-order valence-corrected chi connectivity index (χ3v) is 3.08. The first kappa shape index (κ1) is 13.0. The van der Waals surface area contributed by atoms with E-state index in [1.165, 1.54) is 0 Å². The predicted molar refractivity (Wildman–Crippen MR) is 65.0 cm³/mol. The zero-order chi connectivity index (χ0) is 12.8. The maximum absolute atomic E-state index is 11.8. The topological polar surface area (TPSA) is 65.4 Å². The normalized spacial score (nSPS) is 23.8. The van der Waals surface area contributed by atoms with Crippen LogP contribution in [0.4, 0.5) is 0 Å². The Hall–Kier alpha value is -1.40. The van der Waals surface area contributed by atoms with Gasteiger partial charge in [-0.25, -0.2) is 0 Å². The lowest BCUT2D eigenvalue weighted by Crippen LogP contribution is -2.49. The Kier molecular flexibility index (Phi) is 4.72. The molecule has 2 heterocycles. The minimum atomic E-state index is -0.0487. The molecule has 0 spiro atoms. The van der Waals surface area contributed by atoms with E-state index in [4.69, 9.17) is 9.47 Å². The maximum Gasteiger partial charge on any atom is 0.222 e. The Morgan fingerprint density at radius 2 is 2.56 bits per heavy atom. The van der Waals surface area contributed by atoms with Crippen LogP contribution in [0, 0.1) is 0 Å². The van der Waals surface area contributed by atoms with E-state index >= 15 is 0 Å². The highest BCUT2D eigenvalue weighted by atomic mass is 16.5. The van der Waals surface area contributed by atoms with Gasteiger partial charge in [0.25, 0.3) is 0 Å². The highest BCUT2D eigenvalue weighted by Gasteiger charge is 2.26. The van der Waals surface area contributed by atoms with Crippen LogP contribution >= 0.6 is 0 Å². The Morgan fingerprint density at radius 1 is 1.67 bits per heavy atom. The Bertz CT molecular complexity index is 367. The molecule has 0 saturated carbocycles. The van der Waals surface area contributed by atoms with E-state index < -0.39 is 0 Å². The van der Waals surface area contributed by atoms with Gasteiger partial charge in [0.1, 0.15) is 6.10 Å². The fourth-order valence-electron chi connectivity index (χ4n) is 2.04. The van der Waals surface area contributed by atoms with E-state index in [9.17, 15) is 4.79 Å². The van der Waals surface area contributed by atoms with Crippen LogP contribution in [0.1, 0.15) is 12.8 Å². The lowest BCUT2D eigenvalue weighted by Gasteiger charge is -2.31. The van der Waals surface area contributed by atoms with Crippen LogP contribution in [0.5, 0.6) is 0 Å². The lowest BCUT2D eigenvalue weighted by atomic mass is 10.1. The van der Waals surface area contributed by atoms with Crippen molar-refractivity contribution in [2.45, 2.75) is 31.5 Å². The second-order valence-corrected chi connectivity index (χ2v) is 4.33. The molecular weight excluding hydrogens is 234 g/mol. The molecule has 2 rings (SSSR count). The number of ether oxygens (including phenoxy) is 2. The molecule has 1 amide bonds. The highest BCUT2D eigenvalue weighted by Crippen LogP contribution is 2.10. The molecular formula is C12H19N3O3. The van der Waals surface area contributed by atoms with Crippen molar-refractivity contribution >= 4 is 5.91 Å². The summed E-state index contributed by atoms with van der Waals surface area (Å²) >= 11 is 0. The van der Waals surface area contributed by atoms with Crippen molar-refractivity contribution in [1.29, 1.82) is 0 Å². The minimum absolute atomic E-state index is 0.0273. The summed E-state index contributed by atoms with van der Waals surface area (Å²) in [5.41, 5.74) is 0. The standard InChI is InChI=1S/C12H19N3O3/c1-17-11-9-18-8-4-10(11)14-12(16)3-7-15-6-2-5-13-15/h2,5-6,10-11H,3-4,7-9H2,1H3,(H,14,16). The molecule has 0 radical (unpaired) electrons. The molecule has 1 saturated heterocycles. The van der Waals surface area contributed by atoms with Gasteiger partial charge in [0.2, 0.25) is 5.91 Å². The molecule has 2 atom stereocenters. The smallest absolute Gasteiger partial charge is 0.222 e. The van der Waals surface area contributed by atoms with Crippen molar-refractivity contribution in [3.63, 3.8) is 0 Å². The molecule has 1 aromatic heterocycles. The highest BCUT2D eigenvalue weighted by molar-refractivity contribution is 5.76. The van der Waals surface area contributed by atoms with Gasteiger partial charge in [-0.15, -0.1) is 0 Å². The average molecular weight is 253 g/mol. The van der Waals surface area contributed by atoms with Gasteiger partial charge < -0.3 is 14.8 Å². The number of rotatable bonds is 5. The number of carbonyl (C=O) groups is 1. The first-order valence-electron chi connectivity index (χ1n) is 6.17. The molecule has 6 heteroatoms. The third-order valence-electron chi connectivity index (χ3n) is 3.08. The van der Waals surface area contributed by atoms with Crippen LogP contribution in [0.25, 0.3) is 0 Å². The molecule has 0 aromatic carbocycles. The number of hydrogen-bond acceptors (Lipinski definition) is 4. The predicted octanol–water partition coefficient (Wildman–Crippen LogP) is 0.193. The second-order valence-electron chi connectivity index (χ2n) is 4.33. The van der Waals surface area contributed by atoms with Gasteiger partial charge in [0.15, 0.2) is 0 Å². The zero-order valence-corrected chi connectivity index (χ0v) is 10.5. The fraction of sp³-hybridized carbons (Fsp3) is 0.667. The summed E-state index contributed by atoms with van der Waals surface area (Å²) in [5, 5.41) is 7.06. The van der Waals surface area contributed by atoms with E-state index in [1.807, 2.05) is 12.3 Å². The number of nitrogens with zero attached hydrogens (tertiary/aromatic N) is 2. The monoisotopic (exact) mass is 253 g/mol. The first-order chi connectivity index (χ1) is 8.79. The molecule has 6 nitrogen and oxygen atoms in total. The van der Waals surface area contributed by atoms with Crippen molar-refractivity contribution in [3.8, 4) is 0 Å². The Balaban J connectivity index is 1.75. The number of hydrogen-bond donors (Lipinski definition) is 1. The van der Waals surface area contributed by atoms with Gasteiger partial charge in [0, 0.05) is 39.1 Å². The van der Waals surface area contributed by atoms with E-state index in [2.05, 4.69) is 10.4 Å². The number of aryl methyl sites for hydroxylation is 1. The molecule has 1 aromatic rings. The zero-order valence-electron chi connectivity index (χ0n) is 10.5. The van der Waals surface area contributed by atoms with E-state index in [0.717, 1.165) is 6.42 Å². The van der Waals surface area contributed by atoms with Crippen LogP contribution in [-0.2, 0) is 20.8 Å². The van der Waals surface area contributed by atoms with Crippen molar-refractivity contribution < 1.29 is 14.3 Å². The third kappa shape index (κ3) is 3.54. The number of amides is 1. The number of methoxy groups -OCH3 is 1. The van der Waals surface area contributed by atoms with Crippen molar-refractivity contribution in [1.82, 2.24) is 15.1 Å². The molecule has 1 aliphatic rings. The second kappa shape index (κ2) is 6.51. The molecule has 1 aliphatic heterocycles. The molecule has 0 aliphatic carbocycles. The summed E-state index contributed by atoms with van der Waals surface area (Å²) in [6.07, 6.45) is 4.73. The van der Waals surface area contributed by atoms with E-state index in [0.29, 0.717) is 26.2 Å². The summed E-state index contributed by atoms with van der Waals surface area (Å²) in [7, 11) is 1.64. The van der Waals surface area contributed by atoms with Crippen LogP contribution in [-0.4, -0.2) is 48.2 Å². The fourth-order valence-corrected chi connectivity index (χ4v) is 2.04. The largest absolute Gasteiger partial charge is 0.379 e. The number of nitrogens with one attached hydrogen (secondary N) is 1. The molecule has 1 fully saturated rings. The van der Waals surface area contributed by atoms with Gasteiger partial charge in [-0.05, 0) is 12.5 Å². The van der Waals surface area contributed by atoms with Crippen molar-refractivity contribution in [2.75, 3.05) is 20.3 Å². The quantitative estimate of drug-likeness (QED) is 0.813. The van der Waals surface area contributed by atoms with Crippen LogP contribution in [0.2, 0.25) is 0 Å². The van der Waals surface area contributed by atoms with Gasteiger partial charge >= 0.3 is 0 Å². The van der Waals surface area contributed by atoms with E-state index in [-0.39, 0.29) is 18.1 Å². The number of aromatic nitrogens is 2. The Labute approximate surface area is 106 Å². The molecule has 0 bridgehead atoms. The SMILES string of the molecule is COC1COCCC1NC(=O)CCn1cccn1. The minimum Gasteiger partial charge on any atom is -0.379 e. The average Bonchev–Trinajstić information content (AvgIpc) is 2.90. The van der Waals surface area contributed by atoms with Crippen molar-refractivity contribution in [2.24, 2.45) is 0 Å². The van der Waals surface area contributed by atoms with Crippen LogP contribution < -0.4 is 5.32 Å². The molecule has 2 unspecified atom stereocenters. The van der Waals surface area contributed by atoms with Gasteiger partial charge in [-0.1, -0.05) is 0 Å². The summed E-state index contributed by atoms with van der Waals surface area (Å²) in [6, 6.07) is 1.89. The summed E-state index contributed by atoms with van der Waals surface area (Å²) in [6.45, 7) is 1.81. The van der Waals surface area contributed by atoms with Gasteiger partial charge in [0.05, 0.1) is 12.6 Å². The lowest BCUT2D eigenvalue weighted by molar-refractivity contribution is -0.125. The molecule has 18 heavy (non-hydrogen) atoms. The van der Waals surface area contributed by atoms with Crippen LogP contribution in [0.15, 0.2) is 18.5 Å².